The van der Waals surface area contributed by atoms with Gasteiger partial charge in [0.1, 0.15) is 0 Å². The van der Waals surface area contributed by atoms with E-state index in [1.807, 2.05) is 30.1 Å². The number of rotatable bonds is 4. The average Bonchev–Trinajstić information content (AvgIpc) is 2.49. The molecule has 1 heterocycles. The van der Waals surface area contributed by atoms with Crippen molar-refractivity contribution in [1.29, 1.82) is 0 Å². The first-order valence-electron chi connectivity index (χ1n) is 7.61. The Labute approximate surface area is 122 Å². The van der Waals surface area contributed by atoms with Crippen LogP contribution in [0.3, 0.4) is 0 Å². The van der Waals surface area contributed by atoms with Gasteiger partial charge >= 0.3 is 0 Å². The van der Waals surface area contributed by atoms with Gasteiger partial charge in [0, 0.05) is 7.05 Å². The number of piperidine rings is 1. The summed E-state index contributed by atoms with van der Waals surface area (Å²) in [6.45, 7) is 7.05. The Morgan fingerprint density at radius 1 is 1.30 bits per heavy atom. The van der Waals surface area contributed by atoms with Gasteiger partial charge in [-0.05, 0) is 44.3 Å². The molecule has 3 heteroatoms. The minimum Gasteiger partial charge on any atom is -0.338 e. The first kappa shape index (κ1) is 15.0. The van der Waals surface area contributed by atoms with Gasteiger partial charge < -0.3 is 4.90 Å². The predicted molar refractivity (Wildman–Crippen MR) is 82.5 cm³/mol. The van der Waals surface area contributed by atoms with E-state index in [-0.39, 0.29) is 11.9 Å². The average molecular weight is 274 g/mol. The number of likely N-dealkylation sites (N-methyl/N-ethyl adjacent to an activating group) is 1. The molecule has 2 rings (SSSR count). The minimum absolute atomic E-state index is 0.132. The van der Waals surface area contributed by atoms with Crippen LogP contribution in [-0.4, -0.2) is 42.4 Å². The van der Waals surface area contributed by atoms with Gasteiger partial charge in [0.2, 0.25) is 5.91 Å². The molecule has 1 aromatic carbocycles. The van der Waals surface area contributed by atoms with Gasteiger partial charge in [-0.3, -0.25) is 9.69 Å². The monoisotopic (exact) mass is 274 g/mol. The Balaban J connectivity index is 1.88. The summed E-state index contributed by atoms with van der Waals surface area (Å²) in [5.41, 5.74) is 1.19. The van der Waals surface area contributed by atoms with Crippen LogP contribution >= 0.6 is 0 Å². The van der Waals surface area contributed by atoms with Crippen molar-refractivity contribution in [2.75, 3.05) is 26.7 Å². The van der Waals surface area contributed by atoms with E-state index in [2.05, 4.69) is 30.9 Å². The Kier molecular flexibility index (Phi) is 5.18. The summed E-state index contributed by atoms with van der Waals surface area (Å²) in [5, 5.41) is 0. The summed E-state index contributed by atoms with van der Waals surface area (Å²) in [6.07, 6.45) is 2.43. The molecule has 0 spiro atoms. The van der Waals surface area contributed by atoms with Crippen molar-refractivity contribution in [2.24, 2.45) is 5.92 Å². The van der Waals surface area contributed by atoms with Crippen molar-refractivity contribution >= 4 is 5.91 Å². The maximum absolute atomic E-state index is 12.4. The number of hydrogen-bond donors (Lipinski definition) is 0. The molecule has 0 aliphatic carbocycles. The lowest BCUT2D eigenvalue weighted by Crippen LogP contribution is -2.42. The first-order chi connectivity index (χ1) is 9.58. The second-order valence-electron chi connectivity index (χ2n) is 6.05. The molecule has 110 valence electrons. The third-order valence-electron chi connectivity index (χ3n) is 4.49. The van der Waals surface area contributed by atoms with Gasteiger partial charge in [-0.1, -0.05) is 37.3 Å². The number of carbonyl (C=O) groups is 1. The fraction of sp³-hybridized carbons (Fsp3) is 0.588. The van der Waals surface area contributed by atoms with Crippen LogP contribution in [0.15, 0.2) is 30.3 Å². The van der Waals surface area contributed by atoms with E-state index in [9.17, 15) is 4.79 Å². The maximum atomic E-state index is 12.4. The summed E-state index contributed by atoms with van der Waals surface area (Å²) in [7, 11) is 1.91. The van der Waals surface area contributed by atoms with Gasteiger partial charge in [-0.25, -0.2) is 0 Å². The quantitative estimate of drug-likeness (QED) is 0.843. The summed E-state index contributed by atoms with van der Waals surface area (Å²) in [6, 6.07) is 10.3. The molecule has 0 aromatic heterocycles. The summed E-state index contributed by atoms with van der Waals surface area (Å²) in [5.74, 6) is 1.03. The van der Waals surface area contributed by atoms with Crippen LogP contribution in [-0.2, 0) is 4.79 Å². The van der Waals surface area contributed by atoms with Gasteiger partial charge in [0.25, 0.3) is 0 Å². The topological polar surface area (TPSA) is 23.6 Å². The third kappa shape index (κ3) is 3.83. The largest absolute Gasteiger partial charge is 0.338 e. The van der Waals surface area contributed by atoms with E-state index in [0.29, 0.717) is 6.54 Å². The number of likely N-dealkylation sites (tertiary alicyclic amines) is 1. The zero-order chi connectivity index (χ0) is 14.5. The van der Waals surface area contributed by atoms with Crippen molar-refractivity contribution in [3.05, 3.63) is 35.9 Å². The highest BCUT2D eigenvalue weighted by Crippen LogP contribution is 2.20. The van der Waals surface area contributed by atoms with Crippen molar-refractivity contribution in [3.8, 4) is 0 Å². The van der Waals surface area contributed by atoms with Crippen LogP contribution < -0.4 is 0 Å². The number of carbonyl (C=O) groups excluding carboxylic acids is 1. The van der Waals surface area contributed by atoms with E-state index in [0.717, 1.165) is 19.0 Å². The molecular formula is C17H26N2O. The van der Waals surface area contributed by atoms with Crippen LogP contribution in [0, 0.1) is 5.92 Å². The van der Waals surface area contributed by atoms with Gasteiger partial charge in [-0.15, -0.1) is 0 Å². The lowest BCUT2D eigenvalue weighted by molar-refractivity contribution is -0.133. The highest BCUT2D eigenvalue weighted by atomic mass is 16.2. The van der Waals surface area contributed by atoms with Gasteiger partial charge in [0.15, 0.2) is 0 Å². The lowest BCUT2D eigenvalue weighted by atomic mass is 9.99. The molecule has 3 nitrogen and oxygen atoms in total. The molecular weight excluding hydrogens is 248 g/mol. The summed E-state index contributed by atoms with van der Waals surface area (Å²) in [4.78, 5) is 16.5. The molecule has 1 aliphatic heterocycles. The predicted octanol–water partition coefficient (Wildman–Crippen LogP) is 2.94. The Bertz CT molecular complexity index is 424. The first-order valence-corrected chi connectivity index (χ1v) is 7.61. The Morgan fingerprint density at radius 2 is 1.90 bits per heavy atom. The zero-order valence-corrected chi connectivity index (χ0v) is 12.9. The van der Waals surface area contributed by atoms with Gasteiger partial charge in [-0.2, -0.15) is 0 Å². The van der Waals surface area contributed by atoms with E-state index in [1.165, 1.54) is 18.4 Å². The molecule has 0 saturated carbocycles. The van der Waals surface area contributed by atoms with Crippen LogP contribution in [0.2, 0.25) is 0 Å². The van der Waals surface area contributed by atoms with Crippen LogP contribution in [0.25, 0.3) is 0 Å². The standard InChI is InChI=1S/C17H26N2O/c1-14-9-11-19(12-10-14)13-17(20)18(3)15(2)16-7-5-4-6-8-16/h4-8,14-15H,9-13H2,1-3H3. The van der Waals surface area contributed by atoms with E-state index >= 15 is 0 Å². The number of benzene rings is 1. The molecule has 1 aromatic rings. The fourth-order valence-corrected chi connectivity index (χ4v) is 2.69. The normalized spacial score (nSPS) is 18.8. The molecule has 1 saturated heterocycles. The molecule has 0 N–H and O–H groups in total. The SMILES string of the molecule is CC1CCN(CC(=O)N(C)C(C)c2ccccc2)CC1. The fourth-order valence-electron chi connectivity index (χ4n) is 2.69. The van der Waals surface area contributed by atoms with E-state index < -0.39 is 0 Å². The van der Waals surface area contributed by atoms with Crippen molar-refractivity contribution in [3.63, 3.8) is 0 Å². The highest BCUT2D eigenvalue weighted by Gasteiger charge is 2.22. The maximum Gasteiger partial charge on any atom is 0.236 e. The number of nitrogens with zero attached hydrogens (tertiary/aromatic N) is 2. The molecule has 0 bridgehead atoms. The molecule has 1 atom stereocenters. The third-order valence-corrected chi connectivity index (χ3v) is 4.49. The van der Waals surface area contributed by atoms with Crippen LogP contribution in [0.1, 0.15) is 38.3 Å². The van der Waals surface area contributed by atoms with Crippen molar-refractivity contribution in [2.45, 2.75) is 32.7 Å². The molecule has 1 amide bonds. The molecule has 1 aliphatic rings. The van der Waals surface area contributed by atoms with Crippen LogP contribution in [0.4, 0.5) is 0 Å². The zero-order valence-electron chi connectivity index (χ0n) is 12.9. The Hall–Kier alpha value is -1.35. The summed E-state index contributed by atoms with van der Waals surface area (Å²) < 4.78 is 0. The lowest BCUT2D eigenvalue weighted by Gasteiger charge is -2.32. The smallest absolute Gasteiger partial charge is 0.236 e. The Morgan fingerprint density at radius 3 is 2.50 bits per heavy atom. The van der Waals surface area contributed by atoms with E-state index in [1.54, 1.807) is 0 Å². The summed E-state index contributed by atoms with van der Waals surface area (Å²) >= 11 is 0. The van der Waals surface area contributed by atoms with Gasteiger partial charge in [0.05, 0.1) is 12.6 Å². The molecule has 0 radical (unpaired) electrons. The highest BCUT2D eigenvalue weighted by molar-refractivity contribution is 5.78. The van der Waals surface area contributed by atoms with Crippen molar-refractivity contribution < 1.29 is 4.79 Å². The number of hydrogen-bond acceptors (Lipinski definition) is 2. The molecule has 20 heavy (non-hydrogen) atoms. The molecule has 1 fully saturated rings. The second-order valence-corrected chi connectivity index (χ2v) is 6.05. The van der Waals surface area contributed by atoms with E-state index in [4.69, 9.17) is 0 Å². The van der Waals surface area contributed by atoms with Crippen LogP contribution in [0.5, 0.6) is 0 Å². The molecule has 1 unspecified atom stereocenters. The minimum atomic E-state index is 0.132. The second kappa shape index (κ2) is 6.89. The number of amides is 1. The van der Waals surface area contributed by atoms with Crippen molar-refractivity contribution in [1.82, 2.24) is 9.80 Å².